The molecule has 0 heterocycles. The van der Waals surface area contributed by atoms with Crippen LogP contribution in [0.1, 0.15) is 20.8 Å². The molecule has 0 unspecified atom stereocenters. The molecule has 0 atom stereocenters. The van der Waals surface area contributed by atoms with E-state index in [1.54, 1.807) is 24.3 Å². The number of phenolic OH excluding ortho intramolecular Hbond substituents is 1. The van der Waals surface area contributed by atoms with Crippen LogP contribution < -0.4 is 0 Å². The molecule has 1 rings (SSSR count). The van der Waals surface area contributed by atoms with E-state index in [1.165, 1.54) is 0 Å². The second kappa shape index (κ2) is 8.65. The number of benzene rings is 1. The highest BCUT2D eigenvalue weighted by Gasteiger charge is 1.74. The predicted molar refractivity (Wildman–Crippen MR) is 58.6 cm³/mol. The molecule has 1 nitrogen and oxygen atoms in total. The van der Waals surface area contributed by atoms with E-state index in [1.807, 2.05) is 6.07 Å². The molecular weight excluding hydrogens is 163 g/mol. The van der Waals surface area contributed by atoms with Crippen molar-refractivity contribution in [3.63, 3.8) is 0 Å². The van der Waals surface area contributed by atoms with Gasteiger partial charge >= 0.3 is 0 Å². The molecule has 0 radical (unpaired) electrons. The average molecular weight is 182 g/mol. The van der Waals surface area contributed by atoms with Crippen LogP contribution in [0.25, 0.3) is 0 Å². The Hall–Kier alpha value is -0.448. The number of para-hydroxylation sites is 1. The first kappa shape index (κ1) is 14.1. The van der Waals surface area contributed by atoms with Gasteiger partial charge in [-0.05, 0) is 18.1 Å². The molecule has 0 saturated carbocycles. The topological polar surface area (TPSA) is 20.2 Å². The normalized spacial score (nSPS) is 8.00. The Balaban J connectivity index is 0. The first-order chi connectivity index (χ1) is 5.13. The van der Waals surface area contributed by atoms with E-state index in [-0.39, 0.29) is 17.4 Å². The lowest BCUT2D eigenvalue weighted by atomic mass is 10.3. The summed E-state index contributed by atoms with van der Waals surface area (Å²) in [7, 11) is 0. The minimum atomic E-state index is 0. The number of hydrogen-bond acceptors (Lipinski definition) is 1. The summed E-state index contributed by atoms with van der Waals surface area (Å²) in [6, 6.07) is 8.71. The highest BCUT2D eigenvalue weighted by Crippen LogP contribution is 2.02. The second-order valence-corrected chi connectivity index (χ2v) is 3.07. The third kappa shape index (κ3) is 12.2. The average Bonchev–Trinajstić information content (AvgIpc) is 1.87. The minimum Gasteiger partial charge on any atom is -0.508 e. The summed E-state index contributed by atoms with van der Waals surface area (Å²) in [5.41, 5.74) is 0. The molecule has 0 aromatic heterocycles. The third-order valence-electron chi connectivity index (χ3n) is 0.756. The minimum absolute atomic E-state index is 0. The molecule has 1 aromatic carbocycles. The van der Waals surface area contributed by atoms with Crippen LogP contribution >= 0.6 is 0 Å². The van der Waals surface area contributed by atoms with Gasteiger partial charge in [0.05, 0.1) is 0 Å². The smallest absolute Gasteiger partial charge is 0.187 e. The van der Waals surface area contributed by atoms with E-state index in [0.29, 0.717) is 5.75 Å². The van der Waals surface area contributed by atoms with E-state index in [2.05, 4.69) is 20.8 Å². The monoisotopic (exact) mass is 182 g/mol. The Morgan fingerprint density at radius 2 is 1.33 bits per heavy atom. The summed E-state index contributed by atoms with van der Waals surface area (Å²) < 4.78 is 0. The van der Waals surface area contributed by atoms with Gasteiger partial charge in [0, 0.05) is 0 Å². The maximum absolute atomic E-state index is 8.63. The van der Waals surface area contributed by atoms with Crippen LogP contribution in [-0.4, -0.2) is 22.5 Å². The zero-order valence-electron chi connectivity index (χ0n) is 7.41. The number of rotatable bonds is 0. The first-order valence-electron chi connectivity index (χ1n) is 3.87. The van der Waals surface area contributed by atoms with Crippen molar-refractivity contribution in [2.75, 3.05) is 0 Å². The zero-order chi connectivity index (χ0) is 8.69. The highest BCUT2D eigenvalue weighted by atomic mass is 27.0. The summed E-state index contributed by atoms with van der Waals surface area (Å²) in [5.74, 6) is 1.16. The van der Waals surface area contributed by atoms with Crippen molar-refractivity contribution in [1.29, 1.82) is 0 Å². The molecule has 0 bridgehead atoms. The lowest BCUT2D eigenvalue weighted by Crippen LogP contribution is -1.66. The van der Waals surface area contributed by atoms with Crippen molar-refractivity contribution in [3.8, 4) is 5.75 Å². The molecule has 0 spiro atoms. The van der Waals surface area contributed by atoms with E-state index in [4.69, 9.17) is 5.11 Å². The van der Waals surface area contributed by atoms with Gasteiger partial charge in [-0.2, -0.15) is 0 Å². The molecular formula is C10H19AlO. The fourth-order valence-corrected chi connectivity index (χ4v) is 0.428. The van der Waals surface area contributed by atoms with E-state index >= 15 is 0 Å². The van der Waals surface area contributed by atoms with Crippen molar-refractivity contribution in [3.05, 3.63) is 30.3 Å². The predicted octanol–water partition coefficient (Wildman–Crippen LogP) is 1.87. The fraction of sp³-hybridized carbons (Fsp3) is 0.400. The molecule has 12 heavy (non-hydrogen) atoms. The van der Waals surface area contributed by atoms with Gasteiger partial charge in [-0.15, -0.1) is 0 Å². The van der Waals surface area contributed by atoms with Crippen LogP contribution in [0.3, 0.4) is 0 Å². The largest absolute Gasteiger partial charge is 0.508 e. The zero-order valence-corrected chi connectivity index (χ0v) is 7.41. The fourth-order valence-electron chi connectivity index (χ4n) is 0.428. The highest BCUT2D eigenvalue weighted by molar-refractivity contribution is 5.75. The van der Waals surface area contributed by atoms with E-state index in [0.717, 1.165) is 5.92 Å². The standard InChI is InChI=1S/C6H6O.C4H10.Al.3H/c7-6-4-2-1-3-5-6;1-4(2)3;;;;/h1-5,7H;4H,1-3H3;;;;. The number of aromatic hydroxyl groups is 1. The summed E-state index contributed by atoms with van der Waals surface area (Å²) in [5, 5.41) is 8.63. The molecule has 0 aliphatic rings. The molecule has 0 aliphatic heterocycles. The van der Waals surface area contributed by atoms with Gasteiger partial charge < -0.3 is 5.11 Å². The van der Waals surface area contributed by atoms with Crippen LogP contribution in [0.5, 0.6) is 5.75 Å². The summed E-state index contributed by atoms with van der Waals surface area (Å²) in [4.78, 5) is 0. The van der Waals surface area contributed by atoms with Crippen LogP contribution in [0.4, 0.5) is 0 Å². The maximum Gasteiger partial charge on any atom is 0.187 e. The Bertz CT molecular complexity index is 170. The lowest BCUT2D eigenvalue weighted by Gasteiger charge is -1.82. The van der Waals surface area contributed by atoms with Gasteiger partial charge in [-0.1, -0.05) is 39.0 Å². The molecule has 0 fully saturated rings. The maximum atomic E-state index is 8.63. The van der Waals surface area contributed by atoms with Crippen LogP contribution in [0.15, 0.2) is 30.3 Å². The van der Waals surface area contributed by atoms with E-state index < -0.39 is 0 Å². The van der Waals surface area contributed by atoms with Crippen molar-refractivity contribution < 1.29 is 5.11 Å². The summed E-state index contributed by atoms with van der Waals surface area (Å²) >= 11 is 0. The lowest BCUT2D eigenvalue weighted by molar-refractivity contribution is 0.475. The number of phenols is 1. The van der Waals surface area contributed by atoms with Crippen molar-refractivity contribution >= 4 is 17.4 Å². The molecule has 2 heteroatoms. The van der Waals surface area contributed by atoms with Gasteiger partial charge in [0.1, 0.15) is 5.75 Å². The van der Waals surface area contributed by atoms with Gasteiger partial charge in [0.15, 0.2) is 17.4 Å². The quantitative estimate of drug-likeness (QED) is 0.607. The Labute approximate surface area is 85.6 Å². The molecule has 0 aliphatic carbocycles. The van der Waals surface area contributed by atoms with Gasteiger partial charge in [0.2, 0.25) is 0 Å². The molecule has 0 amide bonds. The van der Waals surface area contributed by atoms with E-state index in [9.17, 15) is 0 Å². The van der Waals surface area contributed by atoms with Crippen LogP contribution in [-0.2, 0) is 0 Å². The molecule has 68 valence electrons. The van der Waals surface area contributed by atoms with Crippen molar-refractivity contribution in [2.45, 2.75) is 20.8 Å². The summed E-state index contributed by atoms with van der Waals surface area (Å²) in [6.45, 7) is 6.50. The van der Waals surface area contributed by atoms with Crippen molar-refractivity contribution in [1.82, 2.24) is 0 Å². The summed E-state index contributed by atoms with van der Waals surface area (Å²) in [6.07, 6.45) is 0. The number of hydrogen-bond donors (Lipinski definition) is 1. The Morgan fingerprint density at radius 1 is 1.00 bits per heavy atom. The van der Waals surface area contributed by atoms with Crippen molar-refractivity contribution in [2.24, 2.45) is 5.92 Å². The molecule has 1 aromatic rings. The molecule has 1 N–H and O–H groups in total. The van der Waals surface area contributed by atoms with Gasteiger partial charge in [-0.25, -0.2) is 0 Å². The Kier molecular flexibility index (Phi) is 10.2. The van der Waals surface area contributed by atoms with Crippen LogP contribution in [0, 0.1) is 5.92 Å². The first-order valence-corrected chi connectivity index (χ1v) is 3.87. The van der Waals surface area contributed by atoms with Gasteiger partial charge in [-0.3, -0.25) is 0 Å². The van der Waals surface area contributed by atoms with Crippen LogP contribution in [0.2, 0.25) is 0 Å². The third-order valence-corrected chi connectivity index (χ3v) is 0.756. The Morgan fingerprint density at radius 3 is 1.50 bits per heavy atom. The second-order valence-electron chi connectivity index (χ2n) is 3.07. The van der Waals surface area contributed by atoms with Gasteiger partial charge in [0.25, 0.3) is 0 Å². The SMILES string of the molecule is CC(C)C.Oc1ccccc1.[AlH3]. The molecule has 0 saturated heterocycles.